The predicted molar refractivity (Wildman–Crippen MR) is 313 cm³/mol. The number of carbonyl (C=O) groups is 3. The van der Waals surface area contributed by atoms with Crippen LogP contribution >= 0.6 is 23.4 Å². The first-order valence-electron chi connectivity index (χ1n) is 27.3. The lowest BCUT2D eigenvalue weighted by Gasteiger charge is -2.39. The van der Waals surface area contributed by atoms with Crippen LogP contribution in [0.3, 0.4) is 0 Å². The maximum absolute atomic E-state index is 15.1. The summed E-state index contributed by atoms with van der Waals surface area (Å²) < 4.78 is 115. The number of nitrogens with zero attached hydrogens (tertiary/aromatic N) is 4. The molecule has 3 fully saturated rings. The van der Waals surface area contributed by atoms with Gasteiger partial charge in [0.15, 0.2) is 0 Å². The molecule has 4 N–H and O–H groups in total. The Bertz CT molecular complexity index is 3380. The molecule has 5 aromatic rings. The number of hydrogen-bond donors (Lipinski definition) is 4. The van der Waals surface area contributed by atoms with Crippen LogP contribution in [0.4, 0.5) is 34.6 Å². The van der Waals surface area contributed by atoms with Crippen LogP contribution in [0.1, 0.15) is 73.9 Å². The second-order valence-corrected chi connectivity index (χ2v) is 27.2. The zero-order valence-corrected chi connectivity index (χ0v) is 48.8. The van der Waals surface area contributed by atoms with Crippen molar-refractivity contribution in [3.8, 4) is 0 Å². The quantitative estimate of drug-likeness (QED) is 0.0329. The largest absolute Gasteiger partial charge is 0.501 e. The second-order valence-electron chi connectivity index (χ2n) is 22.1. The Kier molecular flexibility index (Phi) is 19.1. The smallest absolute Gasteiger partial charge is 0.380 e. The first kappa shape index (κ1) is 60.6. The number of imide groups is 1. The highest BCUT2D eigenvalue weighted by atomic mass is 35.5. The van der Waals surface area contributed by atoms with Crippen molar-refractivity contribution in [3.05, 3.63) is 148 Å². The third-order valence-electron chi connectivity index (χ3n) is 15.6. The fourth-order valence-electron chi connectivity index (χ4n) is 10.9. The number of rotatable bonds is 20. The molecule has 4 aliphatic rings. The summed E-state index contributed by atoms with van der Waals surface area (Å²) in [4.78, 5) is 45.0. The highest BCUT2D eigenvalue weighted by Gasteiger charge is 2.48. The van der Waals surface area contributed by atoms with Crippen molar-refractivity contribution in [2.45, 2.75) is 91.2 Å². The molecule has 9 rings (SSSR count). The first-order chi connectivity index (χ1) is 39.0. The summed E-state index contributed by atoms with van der Waals surface area (Å²) in [6.45, 7) is 11.4. The molecular formula is C59H67ClF4N8O7S3. The van der Waals surface area contributed by atoms with E-state index in [4.69, 9.17) is 11.6 Å². The van der Waals surface area contributed by atoms with Crippen molar-refractivity contribution >= 4 is 83.6 Å². The number of alkyl halides is 3. The van der Waals surface area contributed by atoms with Gasteiger partial charge in [0.2, 0.25) is 11.8 Å². The van der Waals surface area contributed by atoms with E-state index in [-0.39, 0.29) is 35.6 Å². The summed E-state index contributed by atoms with van der Waals surface area (Å²) in [7, 11) is -11.1. The van der Waals surface area contributed by atoms with Gasteiger partial charge in [-0.15, -0.1) is 11.8 Å². The summed E-state index contributed by atoms with van der Waals surface area (Å²) in [5.41, 5.74) is -0.306. The topological polar surface area (TPSA) is 181 Å². The fraction of sp³-hybridized carbons (Fsp3) is 0.407. The molecule has 23 heteroatoms. The number of carbonyl (C=O) groups excluding carboxylic acids is 3. The number of anilines is 3. The Morgan fingerprint density at radius 3 is 2.16 bits per heavy atom. The highest BCUT2D eigenvalue weighted by molar-refractivity contribution is 7.99. The number of allylic oxidation sites excluding steroid dienone is 1. The average Bonchev–Trinajstić information content (AvgIpc) is 3.44. The van der Waals surface area contributed by atoms with Gasteiger partial charge in [0, 0.05) is 123 Å². The van der Waals surface area contributed by atoms with Crippen molar-refractivity contribution < 1.29 is 48.8 Å². The van der Waals surface area contributed by atoms with Gasteiger partial charge in [-0.25, -0.2) is 25.9 Å². The molecule has 3 heterocycles. The van der Waals surface area contributed by atoms with E-state index in [1.165, 1.54) is 52.7 Å². The molecule has 1 aliphatic carbocycles. The van der Waals surface area contributed by atoms with Crippen LogP contribution in [-0.4, -0.2) is 138 Å². The minimum Gasteiger partial charge on any atom is -0.380 e. The number of piperazine rings is 2. The van der Waals surface area contributed by atoms with Crippen LogP contribution in [0.2, 0.25) is 5.02 Å². The molecule has 0 aromatic heterocycles. The van der Waals surface area contributed by atoms with Crippen LogP contribution in [0.15, 0.2) is 136 Å². The number of piperidine rings is 1. The first-order valence-corrected chi connectivity index (χ1v) is 31.7. The Labute approximate surface area is 486 Å². The van der Waals surface area contributed by atoms with Crippen molar-refractivity contribution in [2.24, 2.45) is 5.41 Å². The molecule has 1 unspecified atom stereocenters. The van der Waals surface area contributed by atoms with Gasteiger partial charge in [-0.2, -0.15) is 13.2 Å². The number of amides is 3. The molecule has 15 nitrogen and oxygen atoms in total. The predicted octanol–water partition coefficient (Wildman–Crippen LogP) is 9.68. The summed E-state index contributed by atoms with van der Waals surface area (Å²) in [6, 6.07) is 29.2. The van der Waals surface area contributed by atoms with E-state index in [1.807, 2.05) is 47.2 Å². The summed E-state index contributed by atoms with van der Waals surface area (Å²) in [5.74, 6) is -1.97. The van der Waals surface area contributed by atoms with E-state index >= 15 is 4.39 Å². The molecule has 0 bridgehead atoms. The normalized spacial score (nSPS) is 19.2. The molecule has 3 amide bonds. The van der Waals surface area contributed by atoms with E-state index in [0.717, 1.165) is 61.6 Å². The van der Waals surface area contributed by atoms with Crippen molar-refractivity contribution in [1.29, 1.82) is 0 Å². The average molecular weight is 1210 g/mol. The van der Waals surface area contributed by atoms with Crippen molar-refractivity contribution in [3.63, 3.8) is 0 Å². The molecule has 3 aliphatic heterocycles. The second kappa shape index (κ2) is 25.9. The Morgan fingerprint density at radius 2 is 1.48 bits per heavy atom. The maximum atomic E-state index is 15.1. The van der Waals surface area contributed by atoms with Crippen LogP contribution in [0, 0.1) is 11.2 Å². The van der Waals surface area contributed by atoms with Gasteiger partial charge in [-0.05, 0) is 134 Å². The number of sulfonamides is 1. The number of sulfone groups is 1. The number of halogens is 5. The van der Waals surface area contributed by atoms with Crippen molar-refractivity contribution in [2.75, 3.05) is 86.7 Å². The molecule has 82 heavy (non-hydrogen) atoms. The molecule has 0 radical (unpaired) electrons. The number of benzene rings is 5. The molecule has 0 saturated carbocycles. The Morgan fingerprint density at radius 1 is 0.805 bits per heavy atom. The van der Waals surface area contributed by atoms with Gasteiger partial charge in [-0.1, -0.05) is 61.4 Å². The van der Waals surface area contributed by atoms with Gasteiger partial charge in [0.05, 0.1) is 10.6 Å². The maximum Gasteiger partial charge on any atom is 0.501 e. The van der Waals surface area contributed by atoms with Gasteiger partial charge in [0.1, 0.15) is 16.8 Å². The summed E-state index contributed by atoms with van der Waals surface area (Å²) >= 11 is 7.61. The van der Waals surface area contributed by atoms with Crippen LogP contribution in [-0.2, 0) is 36.0 Å². The minimum absolute atomic E-state index is 0.0330. The third-order valence-corrected chi connectivity index (χ3v) is 19.8. The van der Waals surface area contributed by atoms with E-state index in [2.05, 4.69) is 61.5 Å². The van der Waals surface area contributed by atoms with E-state index < -0.39 is 70.6 Å². The monoisotopic (exact) mass is 1210 g/mol. The van der Waals surface area contributed by atoms with Crippen LogP contribution < -0.4 is 25.6 Å². The van der Waals surface area contributed by atoms with Gasteiger partial charge in [-0.3, -0.25) is 29.5 Å². The lowest BCUT2D eigenvalue weighted by atomic mass is 9.73. The number of nitrogens with one attached hydrogen (secondary N) is 4. The lowest BCUT2D eigenvalue weighted by molar-refractivity contribution is -0.133. The molecule has 3 saturated heterocycles. The van der Waals surface area contributed by atoms with Crippen LogP contribution in [0.25, 0.3) is 5.57 Å². The SMILES string of the molecule is CC1(C)CCC(c2ccc(Cl)cc2)=C(CN2CCN(c3ccc(C(=O)NS(=O)(=O)c4ccc(N[C@H](CCN5CCN(Cc6cc(NC7CCC(=O)NC7=O)ccc6F)CC5)CSc5ccccc5)c(S(=O)(=O)C(F)(F)F)c4)cc3)CC2)C1. The lowest BCUT2D eigenvalue weighted by Crippen LogP contribution is -2.47. The van der Waals surface area contributed by atoms with Crippen LogP contribution in [0.5, 0.6) is 0 Å². The van der Waals surface area contributed by atoms with E-state index in [0.29, 0.717) is 81.0 Å². The third kappa shape index (κ3) is 15.4. The fourth-order valence-corrected chi connectivity index (χ4v) is 14.0. The zero-order chi connectivity index (χ0) is 58.4. The van der Waals surface area contributed by atoms with Gasteiger partial charge >= 0.3 is 5.51 Å². The minimum atomic E-state index is -6.15. The number of thioether (sulfide) groups is 1. The zero-order valence-electron chi connectivity index (χ0n) is 45.6. The summed E-state index contributed by atoms with van der Waals surface area (Å²) in [6.07, 6.45) is 3.95. The molecule has 2 atom stereocenters. The Hall–Kier alpha value is -6.01. The highest BCUT2D eigenvalue weighted by Crippen LogP contribution is 2.43. The Balaban J connectivity index is 0.830. The summed E-state index contributed by atoms with van der Waals surface area (Å²) in [5, 5.41) is 9.11. The van der Waals surface area contributed by atoms with Crippen molar-refractivity contribution in [1.82, 2.24) is 24.7 Å². The van der Waals surface area contributed by atoms with Gasteiger partial charge < -0.3 is 20.4 Å². The molecular weight excluding hydrogens is 1140 g/mol. The van der Waals surface area contributed by atoms with E-state index in [9.17, 15) is 44.4 Å². The number of hydrogen-bond acceptors (Lipinski definition) is 14. The molecule has 5 aromatic carbocycles. The van der Waals surface area contributed by atoms with E-state index in [1.54, 1.807) is 18.2 Å². The standard InChI is InChI=1S/C59H67ClF4N8O7S3/c1-58(2)24-22-50(40-8-12-44(60)13-9-40)43(36-58)38-71-30-32-72(33-31-71)47-15-10-41(11-16-47)56(74)68-82(78,79)49-17-19-52(54(35-49)81(76,77)59(62,63)64)66-46(39-80-48-6-4-3-5-7-48)23-25-69-26-28-70(29-27-69)37-42-34-45(14-18-51(42)61)65-53-20-21-55(73)67-57(53)75/h3-19,34-35,46,53,65-66H,20-33,36-39H2,1-2H3,(H,68,74)(H,67,73,75)/t46-,53?/m1/s1. The van der Waals surface area contributed by atoms with Gasteiger partial charge in [0.25, 0.3) is 25.8 Å². The molecule has 438 valence electrons. The molecule has 0 spiro atoms.